The van der Waals surface area contributed by atoms with Gasteiger partial charge in [-0.1, -0.05) is 45.6 Å². The first-order chi connectivity index (χ1) is 8.70. The standard InChI is InChI=1S/C17H28O/c1-4-6-8-10-15-12-13-17(18)14(3)16(15)11-9-7-5-2/h12-13,18H,4-11H2,1-3H3. The molecule has 0 aromatic heterocycles. The van der Waals surface area contributed by atoms with E-state index in [-0.39, 0.29) is 0 Å². The van der Waals surface area contributed by atoms with Crippen LogP contribution in [0.3, 0.4) is 0 Å². The van der Waals surface area contributed by atoms with Gasteiger partial charge in [0.25, 0.3) is 0 Å². The lowest BCUT2D eigenvalue weighted by molar-refractivity contribution is 0.469. The van der Waals surface area contributed by atoms with Crippen LogP contribution in [-0.4, -0.2) is 5.11 Å². The molecule has 0 aliphatic rings. The predicted octanol–water partition coefficient (Wildman–Crippen LogP) is 5.17. The van der Waals surface area contributed by atoms with Gasteiger partial charge in [-0.3, -0.25) is 0 Å². The maximum Gasteiger partial charge on any atom is 0.118 e. The maximum atomic E-state index is 9.85. The molecule has 0 aliphatic heterocycles. The molecule has 0 heterocycles. The van der Waals surface area contributed by atoms with Crippen LogP contribution in [0.4, 0.5) is 0 Å². The third-order valence-corrected chi connectivity index (χ3v) is 3.75. The molecule has 0 spiro atoms. The number of unbranched alkanes of at least 4 members (excludes halogenated alkanes) is 4. The number of rotatable bonds is 8. The Morgan fingerprint density at radius 3 is 2.11 bits per heavy atom. The number of aromatic hydroxyl groups is 1. The molecule has 0 aliphatic carbocycles. The van der Waals surface area contributed by atoms with Crippen LogP contribution in [0.2, 0.25) is 0 Å². The molecule has 0 radical (unpaired) electrons. The lowest BCUT2D eigenvalue weighted by Crippen LogP contribution is -1.99. The predicted molar refractivity (Wildman–Crippen MR) is 79.3 cm³/mol. The minimum Gasteiger partial charge on any atom is -0.508 e. The Morgan fingerprint density at radius 2 is 1.50 bits per heavy atom. The first-order valence-electron chi connectivity index (χ1n) is 7.51. The molecule has 0 atom stereocenters. The van der Waals surface area contributed by atoms with Gasteiger partial charge in [-0.25, -0.2) is 0 Å². The van der Waals surface area contributed by atoms with Crippen LogP contribution >= 0.6 is 0 Å². The van der Waals surface area contributed by atoms with Crippen molar-refractivity contribution in [3.05, 3.63) is 28.8 Å². The van der Waals surface area contributed by atoms with Gasteiger partial charge in [-0.2, -0.15) is 0 Å². The maximum absolute atomic E-state index is 9.85. The minimum atomic E-state index is 0.459. The largest absolute Gasteiger partial charge is 0.508 e. The van der Waals surface area contributed by atoms with Crippen LogP contribution in [0.1, 0.15) is 69.1 Å². The Balaban J connectivity index is 2.76. The molecule has 1 rings (SSSR count). The zero-order valence-corrected chi connectivity index (χ0v) is 12.3. The van der Waals surface area contributed by atoms with Gasteiger partial charge in [0.05, 0.1) is 0 Å². The Hall–Kier alpha value is -0.980. The van der Waals surface area contributed by atoms with Crippen LogP contribution in [0.25, 0.3) is 0 Å². The Morgan fingerprint density at radius 1 is 0.889 bits per heavy atom. The smallest absolute Gasteiger partial charge is 0.118 e. The highest BCUT2D eigenvalue weighted by molar-refractivity contribution is 5.43. The Kier molecular flexibility index (Phi) is 6.85. The fourth-order valence-corrected chi connectivity index (χ4v) is 2.50. The molecule has 0 bridgehead atoms. The molecule has 1 nitrogen and oxygen atoms in total. The molecule has 1 N–H and O–H groups in total. The number of benzene rings is 1. The number of aryl methyl sites for hydroxylation is 1. The van der Waals surface area contributed by atoms with Crippen molar-refractivity contribution < 1.29 is 5.11 Å². The average molecular weight is 248 g/mol. The van der Waals surface area contributed by atoms with Crippen molar-refractivity contribution >= 4 is 0 Å². The summed E-state index contributed by atoms with van der Waals surface area (Å²) < 4.78 is 0. The summed E-state index contributed by atoms with van der Waals surface area (Å²) in [5.74, 6) is 0.459. The first kappa shape index (κ1) is 15.1. The van der Waals surface area contributed by atoms with Crippen molar-refractivity contribution in [2.24, 2.45) is 0 Å². The molecule has 1 aromatic rings. The van der Waals surface area contributed by atoms with Crippen LogP contribution in [0, 0.1) is 6.92 Å². The summed E-state index contributed by atoms with van der Waals surface area (Å²) in [6, 6.07) is 3.99. The fraction of sp³-hybridized carbons (Fsp3) is 0.647. The third kappa shape index (κ3) is 4.36. The van der Waals surface area contributed by atoms with Crippen molar-refractivity contribution in [1.82, 2.24) is 0 Å². The second-order valence-corrected chi connectivity index (χ2v) is 5.26. The highest BCUT2D eigenvalue weighted by Crippen LogP contribution is 2.26. The zero-order valence-electron chi connectivity index (χ0n) is 12.3. The van der Waals surface area contributed by atoms with E-state index in [1.165, 1.54) is 49.7 Å². The summed E-state index contributed by atoms with van der Waals surface area (Å²) in [6.07, 6.45) is 9.89. The molecule has 0 unspecified atom stereocenters. The highest BCUT2D eigenvalue weighted by Gasteiger charge is 2.09. The topological polar surface area (TPSA) is 20.2 Å². The molecule has 0 fully saturated rings. The van der Waals surface area contributed by atoms with Gasteiger partial charge in [0, 0.05) is 0 Å². The van der Waals surface area contributed by atoms with E-state index >= 15 is 0 Å². The molecule has 0 saturated carbocycles. The Bertz CT molecular complexity index is 355. The van der Waals surface area contributed by atoms with Crippen LogP contribution < -0.4 is 0 Å². The summed E-state index contributed by atoms with van der Waals surface area (Å²) in [5, 5.41) is 9.85. The Labute approximate surface area is 112 Å². The summed E-state index contributed by atoms with van der Waals surface area (Å²) in [4.78, 5) is 0. The van der Waals surface area contributed by atoms with E-state index in [0.29, 0.717) is 5.75 Å². The minimum absolute atomic E-state index is 0.459. The van der Waals surface area contributed by atoms with Crippen molar-refractivity contribution in [3.63, 3.8) is 0 Å². The molecular formula is C17H28O. The van der Waals surface area contributed by atoms with Crippen molar-refractivity contribution in [2.75, 3.05) is 0 Å². The number of phenolic OH excluding ortho intramolecular Hbond substituents is 1. The summed E-state index contributed by atoms with van der Waals surface area (Å²) in [7, 11) is 0. The monoisotopic (exact) mass is 248 g/mol. The fourth-order valence-electron chi connectivity index (χ4n) is 2.50. The van der Waals surface area contributed by atoms with Crippen molar-refractivity contribution in [1.29, 1.82) is 0 Å². The van der Waals surface area contributed by atoms with E-state index in [1.807, 2.05) is 6.07 Å². The summed E-state index contributed by atoms with van der Waals surface area (Å²) in [6.45, 7) is 6.53. The van der Waals surface area contributed by atoms with E-state index in [0.717, 1.165) is 18.4 Å². The van der Waals surface area contributed by atoms with Gasteiger partial charge in [0.2, 0.25) is 0 Å². The van der Waals surface area contributed by atoms with Crippen LogP contribution in [0.15, 0.2) is 12.1 Å². The number of phenols is 1. The second-order valence-electron chi connectivity index (χ2n) is 5.26. The lowest BCUT2D eigenvalue weighted by Gasteiger charge is -2.14. The highest BCUT2D eigenvalue weighted by atomic mass is 16.3. The van der Waals surface area contributed by atoms with E-state index in [9.17, 15) is 5.11 Å². The SMILES string of the molecule is CCCCCc1ccc(O)c(C)c1CCCCC. The van der Waals surface area contributed by atoms with Gasteiger partial charge >= 0.3 is 0 Å². The molecule has 1 heteroatoms. The van der Waals surface area contributed by atoms with Crippen molar-refractivity contribution in [3.8, 4) is 5.75 Å². The van der Waals surface area contributed by atoms with Crippen molar-refractivity contribution in [2.45, 2.75) is 72.1 Å². The second kappa shape index (κ2) is 8.18. The van der Waals surface area contributed by atoms with E-state index in [4.69, 9.17) is 0 Å². The number of hydrogen-bond donors (Lipinski definition) is 1. The van der Waals surface area contributed by atoms with E-state index in [2.05, 4.69) is 26.8 Å². The lowest BCUT2D eigenvalue weighted by atomic mass is 9.93. The quantitative estimate of drug-likeness (QED) is 0.629. The van der Waals surface area contributed by atoms with E-state index in [1.54, 1.807) is 0 Å². The molecular weight excluding hydrogens is 220 g/mol. The third-order valence-electron chi connectivity index (χ3n) is 3.75. The van der Waals surface area contributed by atoms with Crippen LogP contribution in [0.5, 0.6) is 5.75 Å². The van der Waals surface area contributed by atoms with Gasteiger partial charge < -0.3 is 5.11 Å². The molecule has 0 amide bonds. The first-order valence-corrected chi connectivity index (χ1v) is 7.51. The zero-order chi connectivity index (χ0) is 13.4. The van der Waals surface area contributed by atoms with Gasteiger partial charge in [-0.15, -0.1) is 0 Å². The van der Waals surface area contributed by atoms with Gasteiger partial charge in [0.1, 0.15) is 5.75 Å². The summed E-state index contributed by atoms with van der Waals surface area (Å²) in [5.41, 5.74) is 3.95. The molecule has 18 heavy (non-hydrogen) atoms. The average Bonchev–Trinajstić information content (AvgIpc) is 2.37. The summed E-state index contributed by atoms with van der Waals surface area (Å²) >= 11 is 0. The van der Waals surface area contributed by atoms with Gasteiger partial charge in [-0.05, 0) is 55.4 Å². The molecule has 0 saturated heterocycles. The normalized spacial score (nSPS) is 10.8. The van der Waals surface area contributed by atoms with Gasteiger partial charge in [0.15, 0.2) is 0 Å². The van der Waals surface area contributed by atoms with Crippen LogP contribution in [-0.2, 0) is 12.8 Å². The van der Waals surface area contributed by atoms with E-state index < -0.39 is 0 Å². The number of hydrogen-bond acceptors (Lipinski definition) is 1. The molecule has 102 valence electrons. The molecule has 1 aromatic carbocycles.